The average Bonchev–Trinajstić information content (AvgIpc) is 2.65. The highest BCUT2D eigenvalue weighted by Crippen LogP contribution is 2.34. The number of pyridine rings is 1. The van der Waals surface area contributed by atoms with E-state index >= 15 is 0 Å². The van der Waals surface area contributed by atoms with E-state index in [9.17, 15) is 39.9 Å². The second-order valence-corrected chi connectivity index (χ2v) is 6.62. The first-order valence-electron chi connectivity index (χ1n) is 8.42. The fourth-order valence-electron chi connectivity index (χ4n) is 1.90. The quantitative estimate of drug-likeness (QED) is 0.500. The lowest BCUT2D eigenvalue weighted by molar-refractivity contribution is -0.154. The Hall–Kier alpha value is -3.17. The number of halogens is 9. The van der Waals surface area contributed by atoms with Crippen molar-refractivity contribution in [1.29, 1.82) is 0 Å². The monoisotopic (exact) mass is 509 g/mol. The van der Waals surface area contributed by atoms with Crippen LogP contribution in [-0.4, -0.2) is 46.3 Å². The van der Waals surface area contributed by atoms with Gasteiger partial charge < -0.3 is 14.8 Å². The molecule has 0 unspecified atom stereocenters. The lowest BCUT2D eigenvalue weighted by atomic mass is 10.3. The Morgan fingerprint density at radius 1 is 0.970 bits per heavy atom. The number of nitrogens with zero attached hydrogens (tertiary/aromatic N) is 3. The number of anilines is 2. The third-order valence-electron chi connectivity index (χ3n) is 3.16. The van der Waals surface area contributed by atoms with E-state index in [-0.39, 0.29) is 5.69 Å². The Kier molecular flexibility index (Phi) is 7.72. The summed E-state index contributed by atoms with van der Waals surface area (Å²) in [5.41, 5.74) is -1.43. The van der Waals surface area contributed by atoms with Crippen LogP contribution in [0.3, 0.4) is 0 Å². The minimum atomic E-state index is -4.81. The summed E-state index contributed by atoms with van der Waals surface area (Å²) in [6.45, 7) is -2.66. The molecule has 0 aromatic carbocycles. The van der Waals surface area contributed by atoms with E-state index in [4.69, 9.17) is 11.6 Å². The molecule has 0 radical (unpaired) electrons. The zero-order valence-electron chi connectivity index (χ0n) is 16.1. The fourth-order valence-corrected chi connectivity index (χ4v) is 2.09. The zero-order chi connectivity index (χ0) is 25.0. The normalized spacial score (nSPS) is 12.3. The van der Waals surface area contributed by atoms with Crippen molar-refractivity contribution in [2.45, 2.75) is 25.2 Å². The van der Waals surface area contributed by atoms with Crippen LogP contribution in [0.5, 0.6) is 11.8 Å². The maximum absolute atomic E-state index is 13.1. The molecule has 182 valence electrons. The van der Waals surface area contributed by atoms with E-state index in [1.165, 1.54) is 0 Å². The van der Waals surface area contributed by atoms with Crippen LogP contribution in [0.1, 0.15) is 12.6 Å². The van der Waals surface area contributed by atoms with Gasteiger partial charge in [-0.2, -0.15) is 36.3 Å². The van der Waals surface area contributed by atoms with Gasteiger partial charge in [-0.05, 0) is 12.1 Å². The number of alkyl halides is 8. The van der Waals surface area contributed by atoms with E-state index in [2.05, 4.69) is 29.7 Å². The van der Waals surface area contributed by atoms with Gasteiger partial charge in [-0.25, -0.2) is 18.6 Å². The van der Waals surface area contributed by atoms with Crippen molar-refractivity contribution in [2.75, 3.05) is 23.8 Å². The molecule has 0 fully saturated rings. The van der Waals surface area contributed by atoms with Crippen molar-refractivity contribution >= 4 is 29.3 Å². The highest BCUT2D eigenvalue weighted by molar-refractivity contribution is 6.33. The van der Waals surface area contributed by atoms with Crippen LogP contribution in [0.15, 0.2) is 18.3 Å². The summed E-state index contributed by atoms with van der Waals surface area (Å²) in [7, 11) is 0. The third-order valence-corrected chi connectivity index (χ3v) is 3.49. The largest absolute Gasteiger partial charge is 0.470 e. The average molecular weight is 510 g/mol. The first kappa shape index (κ1) is 26.1. The van der Waals surface area contributed by atoms with Gasteiger partial charge in [-0.1, -0.05) is 11.6 Å². The van der Waals surface area contributed by atoms with Gasteiger partial charge in [0.1, 0.15) is 5.69 Å². The van der Waals surface area contributed by atoms with Gasteiger partial charge in [0.25, 0.3) is 5.92 Å². The molecule has 0 aliphatic carbocycles. The number of carbonyl (C=O) groups is 1. The number of nitrogens with one attached hydrogen (secondary N) is 2. The van der Waals surface area contributed by atoms with Crippen LogP contribution >= 0.6 is 11.6 Å². The van der Waals surface area contributed by atoms with E-state index in [0.29, 0.717) is 19.2 Å². The Balaban J connectivity index is 2.21. The molecule has 0 bridgehead atoms. The lowest BCUT2D eigenvalue weighted by Crippen LogP contribution is -2.24. The maximum atomic E-state index is 13.1. The Labute approximate surface area is 184 Å². The Morgan fingerprint density at radius 2 is 1.55 bits per heavy atom. The van der Waals surface area contributed by atoms with Crippen molar-refractivity contribution in [3.8, 4) is 11.8 Å². The molecule has 8 nitrogen and oxygen atoms in total. The molecule has 2 heterocycles. The summed E-state index contributed by atoms with van der Waals surface area (Å²) in [5.74, 6) is -5.91. The summed E-state index contributed by atoms with van der Waals surface area (Å²) in [6.07, 6.45) is -8.84. The Bertz CT molecular complexity index is 941. The second kappa shape index (κ2) is 9.76. The van der Waals surface area contributed by atoms with Crippen LogP contribution in [0.4, 0.5) is 51.6 Å². The maximum Gasteiger partial charge on any atom is 0.433 e. The van der Waals surface area contributed by atoms with Gasteiger partial charge in [0.2, 0.25) is 17.7 Å². The number of carbonyl (C=O) groups excluding carboxylic acids is 1. The third kappa shape index (κ3) is 8.70. The minimum absolute atomic E-state index is 0.204. The van der Waals surface area contributed by atoms with Gasteiger partial charge in [-0.3, -0.25) is 5.32 Å². The summed E-state index contributed by atoms with van der Waals surface area (Å²) in [4.78, 5) is 22.1. The number of hydrogen-bond acceptors (Lipinski definition) is 6. The van der Waals surface area contributed by atoms with Crippen LogP contribution in [0.2, 0.25) is 5.02 Å². The molecule has 0 saturated heterocycles. The number of hydrogen-bond donors (Lipinski definition) is 2. The first-order chi connectivity index (χ1) is 15.0. The van der Waals surface area contributed by atoms with Crippen LogP contribution < -0.4 is 20.1 Å². The summed E-state index contributed by atoms with van der Waals surface area (Å²) >= 11 is 5.74. The molecular formula is C16H12ClF8N5O3. The molecular weight excluding hydrogens is 498 g/mol. The van der Waals surface area contributed by atoms with Crippen LogP contribution in [-0.2, 0) is 6.18 Å². The summed E-state index contributed by atoms with van der Waals surface area (Å²) in [6, 6.07) is 0.273. The molecule has 2 amide bonds. The second-order valence-electron chi connectivity index (χ2n) is 6.24. The van der Waals surface area contributed by atoms with Crippen molar-refractivity contribution < 1.29 is 49.4 Å². The molecule has 33 heavy (non-hydrogen) atoms. The predicted molar refractivity (Wildman–Crippen MR) is 96.6 cm³/mol. The Morgan fingerprint density at radius 3 is 2.00 bits per heavy atom. The van der Waals surface area contributed by atoms with E-state index in [1.807, 2.05) is 5.32 Å². The molecule has 2 rings (SSSR count). The van der Waals surface area contributed by atoms with Gasteiger partial charge in [0, 0.05) is 6.92 Å². The van der Waals surface area contributed by atoms with Gasteiger partial charge in [0.15, 0.2) is 18.2 Å². The topological polar surface area (TPSA) is 98.3 Å². The number of amides is 2. The SMILES string of the molecule is CC(F)(F)COc1nc(NC(=O)Nc2ccc(C(F)(F)F)nc2)nc(OCC(F)(F)F)c1Cl. The highest BCUT2D eigenvalue weighted by atomic mass is 35.5. The van der Waals surface area contributed by atoms with Crippen LogP contribution in [0.25, 0.3) is 0 Å². The van der Waals surface area contributed by atoms with Crippen molar-refractivity contribution in [1.82, 2.24) is 15.0 Å². The lowest BCUT2D eigenvalue weighted by Gasteiger charge is -2.16. The van der Waals surface area contributed by atoms with Gasteiger partial charge in [0.05, 0.1) is 11.9 Å². The van der Waals surface area contributed by atoms with Gasteiger partial charge in [-0.15, -0.1) is 0 Å². The smallest absolute Gasteiger partial charge is 0.433 e. The summed E-state index contributed by atoms with van der Waals surface area (Å²) < 4.78 is 110. The van der Waals surface area contributed by atoms with Gasteiger partial charge >= 0.3 is 18.4 Å². The molecule has 0 aliphatic rings. The molecule has 0 spiro atoms. The summed E-state index contributed by atoms with van der Waals surface area (Å²) in [5, 5.41) is 3.21. The first-order valence-corrected chi connectivity index (χ1v) is 8.80. The van der Waals surface area contributed by atoms with Crippen molar-refractivity contribution in [3.63, 3.8) is 0 Å². The molecule has 0 aliphatic heterocycles. The molecule has 2 N–H and O–H groups in total. The van der Waals surface area contributed by atoms with E-state index in [1.54, 1.807) is 0 Å². The standard InChI is InChI=1S/C16H12ClF8N5O3/c1-14(18,19)5-32-10-9(17)11(33-6-15(20,21)22)29-12(28-10)30-13(31)27-7-2-3-8(26-4-7)16(23,24)25/h2-4H,5-6H2,1H3,(H2,27,28,29,30,31). The molecule has 0 atom stereocenters. The van der Waals surface area contributed by atoms with Crippen molar-refractivity contribution in [2.24, 2.45) is 0 Å². The molecule has 2 aromatic rings. The van der Waals surface area contributed by atoms with E-state index in [0.717, 1.165) is 6.07 Å². The number of rotatable bonds is 7. The minimum Gasteiger partial charge on any atom is -0.470 e. The number of aromatic nitrogens is 3. The predicted octanol–water partition coefficient (Wildman–Crippen LogP) is 5.16. The molecule has 2 aromatic heterocycles. The van der Waals surface area contributed by atoms with Crippen LogP contribution in [0, 0.1) is 0 Å². The zero-order valence-corrected chi connectivity index (χ0v) is 16.9. The number of urea groups is 1. The molecule has 0 saturated carbocycles. The molecule has 17 heteroatoms. The fraction of sp³-hybridized carbons (Fsp3) is 0.375. The van der Waals surface area contributed by atoms with E-state index < -0.39 is 65.9 Å². The number of ether oxygens (including phenoxy) is 2. The van der Waals surface area contributed by atoms with Crippen molar-refractivity contribution in [3.05, 3.63) is 29.0 Å². The highest BCUT2D eigenvalue weighted by Gasteiger charge is 2.32.